The van der Waals surface area contributed by atoms with E-state index in [0.717, 1.165) is 16.3 Å². The van der Waals surface area contributed by atoms with E-state index in [1.54, 1.807) is 24.0 Å². The maximum absolute atomic E-state index is 13.0. The van der Waals surface area contributed by atoms with Crippen LogP contribution in [0, 0.1) is 5.82 Å². The molecule has 1 aromatic carbocycles. The van der Waals surface area contributed by atoms with Gasteiger partial charge < -0.3 is 10.4 Å². The van der Waals surface area contributed by atoms with Crippen LogP contribution >= 0.6 is 11.3 Å². The van der Waals surface area contributed by atoms with E-state index in [4.69, 9.17) is 0 Å². The average Bonchev–Trinajstić information content (AvgIpc) is 3.02. The fraction of sp³-hybridized carbons (Fsp3) is 0.353. The lowest BCUT2D eigenvalue weighted by Gasteiger charge is -2.25. The van der Waals surface area contributed by atoms with E-state index in [1.165, 1.54) is 30.4 Å². The van der Waals surface area contributed by atoms with E-state index >= 15 is 0 Å². The Kier molecular flexibility index (Phi) is 6.60. The third kappa shape index (κ3) is 5.61. The lowest BCUT2D eigenvalue weighted by Crippen LogP contribution is -2.42. The number of thiazole rings is 1. The van der Waals surface area contributed by atoms with Gasteiger partial charge in [-0.3, -0.25) is 14.5 Å². The van der Waals surface area contributed by atoms with Crippen molar-refractivity contribution in [2.24, 2.45) is 0 Å². The molecule has 0 aliphatic heterocycles. The Morgan fingerprint density at radius 2 is 2.04 bits per heavy atom. The molecule has 0 bridgehead atoms. The number of rotatable bonds is 8. The number of aromatic nitrogens is 1. The Morgan fingerprint density at radius 1 is 1.36 bits per heavy atom. The smallest absolute Gasteiger partial charge is 0.320 e. The number of benzene rings is 1. The van der Waals surface area contributed by atoms with Crippen LogP contribution in [0.4, 0.5) is 4.39 Å². The summed E-state index contributed by atoms with van der Waals surface area (Å²) in [6, 6.07) is 5.37. The van der Waals surface area contributed by atoms with Crippen LogP contribution in [-0.2, 0) is 16.1 Å². The third-order valence-electron chi connectivity index (χ3n) is 3.69. The van der Waals surface area contributed by atoms with Crippen molar-refractivity contribution in [3.63, 3.8) is 0 Å². The highest BCUT2D eigenvalue weighted by molar-refractivity contribution is 7.13. The zero-order valence-corrected chi connectivity index (χ0v) is 14.8. The van der Waals surface area contributed by atoms with E-state index in [-0.39, 0.29) is 11.7 Å². The molecule has 1 atom stereocenters. The summed E-state index contributed by atoms with van der Waals surface area (Å²) >= 11 is 1.42. The average molecular weight is 365 g/mol. The summed E-state index contributed by atoms with van der Waals surface area (Å²) in [4.78, 5) is 28.5. The first-order valence-corrected chi connectivity index (χ1v) is 8.66. The highest BCUT2D eigenvalue weighted by Crippen LogP contribution is 2.24. The minimum absolute atomic E-state index is 0.157. The Morgan fingerprint density at radius 3 is 2.64 bits per heavy atom. The summed E-state index contributed by atoms with van der Waals surface area (Å²) in [7, 11) is 0. The zero-order chi connectivity index (χ0) is 18.4. The van der Waals surface area contributed by atoms with Crippen LogP contribution in [0.3, 0.4) is 0 Å². The molecule has 134 valence electrons. The molecule has 1 unspecified atom stereocenters. The number of hydrogen-bond acceptors (Lipinski definition) is 5. The van der Waals surface area contributed by atoms with Crippen LogP contribution < -0.4 is 5.32 Å². The van der Waals surface area contributed by atoms with Gasteiger partial charge in [-0.1, -0.05) is 0 Å². The minimum Gasteiger partial charge on any atom is -0.480 e. The maximum Gasteiger partial charge on any atom is 0.320 e. The second kappa shape index (κ2) is 8.68. The summed E-state index contributed by atoms with van der Waals surface area (Å²) in [5.74, 6) is -1.40. The molecule has 1 heterocycles. The van der Waals surface area contributed by atoms with Crippen LogP contribution in [0.15, 0.2) is 29.6 Å². The first-order chi connectivity index (χ1) is 11.9. The van der Waals surface area contributed by atoms with Gasteiger partial charge in [0.15, 0.2) is 0 Å². The standard InChI is InChI=1S/C17H20FN3O3S/c1-11(17(23)24)21(8-7-19-12(2)22)9-15-10-25-16(20-15)13-3-5-14(18)6-4-13/h3-6,10-11H,7-9H2,1-2H3,(H,19,22)(H,23,24). The summed E-state index contributed by atoms with van der Waals surface area (Å²) in [5.41, 5.74) is 1.55. The van der Waals surface area contributed by atoms with Crippen molar-refractivity contribution in [3.8, 4) is 10.6 Å². The topological polar surface area (TPSA) is 82.5 Å². The number of aliphatic carboxylic acids is 1. The van der Waals surface area contributed by atoms with Gasteiger partial charge in [0.2, 0.25) is 5.91 Å². The fourth-order valence-corrected chi connectivity index (χ4v) is 3.07. The molecule has 2 N–H and O–H groups in total. The van der Waals surface area contributed by atoms with Gasteiger partial charge in [-0.15, -0.1) is 11.3 Å². The van der Waals surface area contributed by atoms with E-state index < -0.39 is 12.0 Å². The van der Waals surface area contributed by atoms with Gasteiger partial charge in [-0.2, -0.15) is 0 Å². The van der Waals surface area contributed by atoms with Gasteiger partial charge in [-0.25, -0.2) is 9.37 Å². The van der Waals surface area contributed by atoms with Crippen molar-refractivity contribution >= 4 is 23.2 Å². The molecule has 2 rings (SSSR count). The normalized spacial score (nSPS) is 12.2. The van der Waals surface area contributed by atoms with Gasteiger partial charge in [0.1, 0.15) is 16.9 Å². The predicted octanol–water partition coefficient (Wildman–Crippen LogP) is 2.36. The predicted molar refractivity (Wildman–Crippen MR) is 93.7 cm³/mol. The molecule has 2 aromatic rings. The molecule has 0 spiro atoms. The molecule has 6 nitrogen and oxygen atoms in total. The van der Waals surface area contributed by atoms with Crippen molar-refractivity contribution in [1.29, 1.82) is 0 Å². The second-order valence-electron chi connectivity index (χ2n) is 5.62. The molecule has 1 amide bonds. The summed E-state index contributed by atoms with van der Waals surface area (Å²) < 4.78 is 13.0. The monoisotopic (exact) mass is 365 g/mol. The molecule has 0 aliphatic carbocycles. The minimum atomic E-state index is -0.934. The fourth-order valence-electron chi connectivity index (χ4n) is 2.25. The van der Waals surface area contributed by atoms with Crippen LogP contribution in [0.5, 0.6) is 0 Å². The molecule has 0 fully saturated rings. The highest BCUT2D eigenvalue weighted by Gasteiger charge is 2.21. The Hall–Kier alpha value is -2.32. The molecule has 8 heteroatoms. The molecule has 0 saturated heterocycles. The van der Waals surface area contributed by atoms with E-state index in [0.29, 0.717) is 19.6 Å². The Balaban J connectivity index is 2.08. The van der Waals surface area contributed by atoms with E-state index in [2.05, 4.69) is 10.3 Å². The third-order valence-corrected chi connectivity index (χ3v) is 4.63. The lowest BCUT2D eigenvalue weighted by atomic mass is 10.2. The van der Waals surface area contributed by atoms with Crippen molar-refractivity contribution in [1.82, 2.24) is 15.2 Å². The highest BCUT2D eigenvalue weighted by atomic mass is 32.1. The number of hydrogen-bond donors (Lipinski definition) is 2. The lowest BCUT2D eigenvalue weighted by molar-refractivity contribution is -0.142. The number of nitrogens with zero attached hydrogens (tertiary/aromatic N) is 2. The summed E-state index contributed by atoms with van der Waals surface area (Å²) in [6.07, 6.45) is 0. The number of nitrogens with one attached hydrogen (secondary N) is 1. The Bertz CT molecular complexity index is 733. The molecule has 25 heavy (non-hydrogen) atoms. The number of carbonyl (C=O) groups is 2. The number of amides is 1. The van der Waals surface area contributed by atoms with Gasteiger partial charge >= 0.3 is 5.97 Å². The first kappa shape index (κ1) is 19.0. The van der Waals surface area contributed by atoms with Crippen molar-refractivity contribution in [2.75, 3.05) is 13.1 Å². The molecule has 1 aromatic heterocycles. The quantitative estimate of drug-likeness (QED) is 0.750. The first-order valence-electron chi connectivity index (χ1n) is 7.78. The van der Waals surface area contributed by atoms with Crippen molar-refractivity contribution in [2.45, 2.75) is 26.4 Å². The largest absolute Gasteiger partial charge is 0.480 e. The Labute approximate surface area is 149 Å². The SMILES string of the molecule is CC(=O)NCCN(Cc1csc(-c2ccc(F)cc2)n1)C(C)C(=O)O. The summed E-state index contributed by atoms with van der Waals surface area (Å²) in [5, 5.41) is 14.5. The maximum atomic E-state index is 13.0. The number of carboxylic acids is 1. The van der Waals surface area contributed by atoms with Crippen LogP contribution in [0.25, 0.3) is 10.6 Å². The molecule has 0 aliphatic rings. The van der Waals surface area contributed by atoms with Gasteiger partial charge in [0, 0.05) is 37.5 Å². The van der Waals surface area contributed by atoms with E-state index in [9.17, 15) is 19.1 Å². The van der Waals surface area contributed by atoms with Gasteiger partial charge in [0.25, 0.3) is 0 Å². The van der Waals surface area contributed by atoms with Gasteiger partial charge in [0.05, 0.1) is 5.69 Å². The molecular formula is C17H20FN3O3S. The van der Waals surface area contributed by atoms with Crippen molar-refractivity contribution in [3.05, 3.63) is 41.2 Å². The van der Waals surface area contributed by atoms with Crippen LogP contribution in [0.1, 0.15) is 19.5 Å². The summed E-state index contributed by atoms with van der Waals surface area (Å²) in [6.45, 7) is 4.13. The second-order valence-corrected chi connectivity index (χ2v) is 6.48. The van der Waals surface area contributed by atoms with Gasteiger partial charge in [-0.05, 0) is 31.2 Å². The van der Waals surface area contributed by atoms with Crippen molar-refractivity contribution < 1.29 is 19.1 Å². The molecule has 0 radical (unpaired) electrons. The zero-order valence-electron chi connectivity index (χ0n) is 14.0. The van der Waals surface area contributed by atoms with Crippen LogP contribution in [-0.4, -0.2) is 46.0 Å². The van der Waals surface area contributed by atoms with Crippen LogP contribution in [0.2, 0.25) is 0 Å². The number of halogens is 1. The molecular weight excluding hydrogens is 345 g/mol. The number of carbonyl (C=O) groups excluding carboxylic acids is 1. The number of carboxylic acid groups (broad SMARTS) is 1. The molecule has 0 saturated carbocycles. The van der Waals surface area contributed by atoms with E-state index in [1.807, 2.05) is 5.38 Å².